The number of anilines is 1. The third-order valence-corrected chi connectivity index (χ3v) is 5.10. The van der Waals surface area contributed by atoms with Gasteiger partial charge in [0.25, 0.3) is 5.91 Å². The Morgan fingerprint density at radius 3 is 2.50 bits per heavy atom. The van der Waals surface area contributed by atoms with Crippen LogP contribution in [0.15, 0.2) is 53.0 Å². The van der Waals surface area contributed by atoms with Gasteiger partial charge in [0.2, 0.25) is 0 Å². The highest BCUT2D eigenvalue weighted by atomic mass is 79.9. The Hall–Kier alpha value is -2.05. The standard InChI is InChI=1S/C18H14BrFN2OS/c1-11-16(10-12-2-8-15(20)9-3-12)24-18(21-11)22-17(23)13-4-6-14(19)7-5-13/h2-9H,10H2,1H3,(H,21,22,23). The van der Waals surface area contributed by atoms with Crippen molar-refractivity contribution in [3.63, 3.8) is 0 Å². The maximum Gasteiger partial charge on any atom is 0.257 e. The van der Waals surface area contributed by atoms with Crippen molar-refractivity contribution in [1.82, 2.24) is 4.98 Å². The number of halogens is 2. The molecule has 0 aliphatic heterocycles. The Morgan fingerprint density at radius 2 is 1.83 bits per heavy atom. The molecule has 0 radical (unpaired) electrons. The van der Waals surface area contributed by atoms with E-state index in [9.17, 15) is 9.18 Å². The SMILES string of the molecule is Cc1nc(NC(=O)c2ccc(Br)cc2)sc1Cc1ccc(F)cc1. The van der Waals surface area contributed by atoms with Crippen LogP contribution in [0.25, 0.3) is 0 Å². The second kappa shape index (κ2) is 7.23. The zero-order chi connectivity index (χ0) is 17.1. The predicted octanol–water partition coefficient (Wildman–Crippen LogP) is 5.20. The summed E-state index contributed by atoms with van der Waals surface area (Å²) < 4.78 is 13.9. The van der Waals surface area contributed by atoms with E-state index in [1.807, 2.05) is 19.1 Å². The van der Waals surface area contributed by atoms with Gasteiger partial charge in [-0.2, -0.15) is 0 Å². The first kappa shape index (κ1) is 16.8. The topological polar surface area (TPSA) is 42.0 Å². The van der Waals surface area contributed by atoms with Crippen LogP contribution in [-0.4, -0.2) is 10.9 Å². The summed E-state index contributed by atoms with van der Waals surface area (Å²) in [7, 11) is 0. The summed E-state index contributed by atoms with van der Waals surface area (Å²) in [6, 6.07) is 13.6. The molecule has 0 atom stereocenters. The lowest BCUT2D eigenvalue weighted by Crippen LogP contribution is -2.11. The van der Waals surface area contributed by atoms with Crippen molar-refractivity contribution in [2.75, 3.05) is 5.32 Å². The van der Waals surface area contributed by atoms with Crippen LogP contribution in [0.2, 0.25) is 0 Å². The number of carbonyl (C=O) groups is 1. The van der Waals surface area contributed by atoms with Crippen molar-refractivity contribution < 1.29 is 9.18 Å². The van der Waals surface area contributed by atoms with Gasteiger partial charge >= 0.3 is 0 Å². The van der Waals surface area contributed by atoms with Gasteiger partial charge in [0.05, 0.1) is 5.69 Å². The number of nitrogens with one attached hydrogen (secondary N) is 1. The van der Waals surface area contributed by atoms with Gasteiger partial charge in [-0.15, -0.1) is 11.3 Å². The quantitative estimate of drug-likeness (QED) is 0.649. The maximum absolute atomic E-state index is 13.0. The fourth-order valence-electron chi connectivity index (χ4n) is 2.20. The summed E-state index contributed by atoms with van der Waals surface area (Å²) in [5, 5.41) is 3.39. The van der Waals surface area contributed by atoms with E-state index in [-0.39, 0.29) is 11.7 Å². The number of amides is 1. The highest BCUT2D eigenvalue weighted by molar-refractivity contribution is 9.10. The number of aromatic nitrogens is 1. The lowest BCUT2D eigenvalue weighted by molar-refractivity contribution is 0.102. The number of aryl methyl sites for hydroxylation is 1. The zero-order valence-electron chi connectivity index (χ0n) is 12.8. The first-order chi connectivity index (χ1) is 11.5. The van der Waals surface area contributed by atoms with Gasteiger partial charge in [-0.1, -0.05) is 28.1 Å². The fourth-order valence-corrected chi connectivity index (χ4v) is 3.46. The molecule has 1 amide bonds. The summed E-state index contributed by atoms with van der Waals surface area (Å²) in [5.41, 5.74) is 2.45. The summed E-state index contributed by atoms with van der Waals surface area (Å²) in [5.74, 6) is -0.438. The molecule has 122 valence electrons. The van der Waals surface area contributed by atoms with E-state index in [0.717, 1.165) is 20.6 Å². The first-order valence-corrected chi connectivity index (χ1v) is 8.90. The number of thiazole rings is 1. The third-order valence-electron chi connectivity index (χ3n) is 3.50. The van der Waals surface area contributed by atoms with E-state index >= 15 is 0 Å². The molecule has 0 spiro atoms. The lowest BCUT2D eigenvalue weighted by Gasteiger charge is -2.01. The second-order valence-corrected chi connectivity index (χ2v) is 7.29. The summed E-state index contributed by atoms with van der Waals surface area (Å²) in [6.45, 7) is 1.91. The van der Waals surface area contributed by atoms with Crippen LogP contribution in [0.3, 0.4) is 0 Å². The highest BCUT2D eigenvalue weighted by Gasteiger charge is 2.12. The minimum Gasteiger partial charge on any atom is -0.298 e. The van der Waals surface area contributed by atoms with E-state index in [1.165, 1.54) is 23.5 Å². The average molecular weight is 405 g/mol. The monoisotopic (exact) mass is 404 g/mol. The number of carbonyl (C=O) groups excluding carboxylic acids is 1. The van der Waals surface area contributed by atoms with Gasteiger partial charge in [-0.3, -0.25) is 10.1 Å². The fraction of sp³-hybridized carbons (Fsp3) is 0.111. The molecular weight excluding hydrogens is 391 g/mol. The van der Waals surface area contributed by atoms with Crippen molar-refractivity contribution in [2.24, 2.45) is 0 Å². The van der Waals surface area contributed by atoms with Crippen LogP contribution >= 0.6 is 27.3 Å². The highest BCUT2D eigenvalue weighted by Crippen LogP contribution is 2.26. The number of hydrogen-bond acceptors (Lipinski definition) is 3. The minimum atomic E-state index is -0.248. The van der Waals surface area contributed by atoms with Crippen LogP contribution in [0.1, 0.15) is 26.5 Å². The van der Waals surface area contributed by atoms with Crippen molar-refractivity contribution in [1.29, 1.82) is 0 Å². The summed E-state index contributed by atoms with van der Waals surface area (Å²) >= 11 is 4.78. The Labute approximate surface area is 151 Å². The summed E-state index contributed by atoms with van der Waals surface area (Å²) in [4.78, 5) is 17.7. The molecule has 6 heteroatoms. The van der Waals surface area contributed by atoms with Crippen molar-refractivity contribution >= 4 is 38.3 Å². The number of hydrogen-bond donors (Lipinski definition) is 1. The van der Waals surface area contributed by atoms with Gasteiger partial charge in [0, 0.05) is 21.3 Å². The molecule has 0 saturated carbocycles. The normalized spacial score (nSPS) is 10.6. The molecule has 1 heterocycles. The van der Waals surface area contributed by atoms with Crippen molar-refractivity contribution in [3.05, 3.63) is 80.5 Å². The molecule has 0 fully saturated rings. The molecule has 0 aliphatic rings. The van der Waals surface area contributed by atoms with Gasteiger partial charge < -0.3 is 0 Å². The van der Waals surface area contributed by atoms with Crippen molar-refractivity contribution in [2.45, 2.75) is 13.3 Å². The molecular formula is C18H14BrFN2OS. The molecule has 1 aromatic heterocycles. The molecule has 0 unspecified atom stereocenters. The van der Waals surface area contributed by atoms with E-state index in [2.05, 4.69) is 26.2 Å². The van der Waals surface area contributed by atoms with Crippen molar-refractivity contribution in [3.8, 4) is 0 Å². The molecule has 24 heavy (non-hydrogen) atoms. The molecule has 1 N–H and O–H groups in total. The van der Waals surface area contributed by atoms with E-state index in [0.29, 0.717) is 17.1 Å². The van der Waals surface area contributed by atoms with Gasteiger partial charge in [-0.25, -0.2) is 9.37 Å². The Morgan fingerprint density at radius 1 is 1.17 bits per heavy atom. The molecule has 3 rings (SSSR count). The van der Waals surface area contributed by atoms with Crippen LogP contribution in [0.5, 0.6) is 0 Å². The Bertz CT molecular complexity index is 860. The van der Waals surface area contributed by atoms with E-state index < -0.39 is 0 Å². The number of benzene rings is 2. The van der Waals surface area contributed by atoms with Gasteiger partial charge in [0.1, 0.15) is 5.82 Å². The van der Waals surface area contributed by atoms with Gasteiger partial charge in [0.15, 0.2) is 5.13 Å². The maximum atomic E-state index is 13.0. The zero-order valence-corrected chi connectivity index (χ0v) is 15.2. The molecule has 0 saturated heterocycles. The van der Waals surface area contributed by atoms with Crippen LogP contribution < -0.4 is 5.32 Å². The number of nitrogens with zero attached hydrogens (tertiary/aromatic N) is 1. The Balaban J connectivity index is 1.72. The van der Waals surface area contributed by atoms with E-state index in [1.54, 1.807) is 24.3 Å². The summed E-state index contributed by atoms with van der Waals surface area (Å²) in [6.07, 6.45) is 0.665. The number of rotatable bonds is 4. The molecule has 2 aromatic carbocycles. The van der Waals surface area contributed by atoms with Crippen LogP contribution in [0.4, 0.5) is 9.52 Å². The molecule has 3 nitrogen and oxygen atoms in total. The smallest absolute Gasteiger partial charge is 0.257 e. The first-order valence-electron chi connectivity index (χ1n) is 7.29. The third kappa shape index (κ3) is 4.07. The van der Waals surface area contributed by atoms with Crippen LogP contribution in [0, 0.1) is 12.7 Å². The minimum absolute atomic E-state index is 0.190. The molecule has 0 aliphatic carbocycles. The van der Waals surface area contributed by atoms with Crippen LogP contribution in [-0.2, 0) is 6.42 Å². The largest absolute Gasteiger partial charge is 0.298 e. The Kier molecular flexibility index (Phi) is 5.06. The van der Waals surface area contributed by atoms with Gasteiger partial charge in [-0.05, 0) is 48.9 Å². The lowest BCUT2D eigenvalue weighted by atomic mass is 10.1. The van der Waals surface area contributed by atoms with E-state index in [4.69, 9.17) is 0 Å². The molecule has 0 bridgehead atoms. The average Bonchev–Trinajstić information content (AvgIpc) is 2.89. The second-order valence-electron chi connectivity index (χ2n) is 5.29. The predicted molar refractivity (Wildman–Crippen MR) is 98.2 cm³/mol. The molecule has 3 aromatic rings.